The van der Waals surface area contributed by atoms with E-state index in [0.29, 0.717) is 17.0 Å². The standard InChI is InChI=1S/C17H29N3O/c1-5-17(10-6-7-11-17)12-19-14-9-8-13(18)15(20-14)21-16(2,3)4/h8-9H,5-7,10-12,18H2,1-4H3,(H,19,20). The molecule has 3 N–H and O–H groups in total. The molecule has 1 fully saturated rings. The quantitative estimate of drug-likeness (QED) is 0.852. The van der Waals surface area contributed by atoms with E-state index in [-0.39, 0.29) is 5.60 Å². The molecule has 0 radical (unpaired) electrons. The third-order valence-corrected chi connectivity index (χ3v) is 4.35. The first-order valence-electron chi connectivity index (χ1n) is 8.03. The van der Waals surface area contributed by atoms with Gasteiger partial charge in [0.15, 0.2) is 0 Å². The average Bonchev–Trinajstić information content (AvgIpc) is 2.88. The van der Waals surface area contributed by atoms with Gasteiger partial charge in [0.2, 0.25) is 5.88 Å². The van der Waals surface area contributed by atoms with Crippen LogP contribution in [-0.2, 0) is 0 Å². The molecule has 4 nitrogen and oxygen atoms in total. The zero-order valence-electron chi connectivity index (χ0n) is 13.8. The van der Waals surface area contributed by atoms with E-state index >= 15 is 0 Å². The van der Waals surface area contributed by atoms with Crippen LogP contribution in [0.3, 0.4) is 0 Å². The van der Waals surface area contributed by atoms with Crippen LogP contribution in [0.5, 0.6) is 5.88 Å². The second-order valence-corrected chi connectivity index (χ2v) is 7.22. The maximum Gasteiger partial charge on any atom is 0.239 e. The van der Waals surface area contributed by atoms with Gasteiger partial charge in [-0.2, -0.15) is 4.98 Å². The van der Waals surface area contributed by atoms with Gasteiger partial charge >= 0.3 is 0 Å². The van der Waals surface area contributed by atoms with Crippen molar-refractivity contribution in [3.63, 3.8) is 0 Å². The highest BCUT2D eigenvalue weighted by Crippen LogP contribution is 2.41. The molecule has 1 aromatic rings. The fourth-order valence-electron chi connectivity index (χ4n) is 2.98. The lowest BCUT2D eigenvalue weighted by Gasteiger charge is -2.28. The van der Waals surface area contributed by atoms with Crippen molar-refractivity contribution in [1.82, 2.24) is 4.98 Å². The zero-order chi connectivity index (χ0) is 15.5. The maximum absolute atomic E-state index is 5.95. The third kappa shape index (κ3) is 4.26. The number of aromatic nitrogens is 1. The molecule has 1 heterocycles. The highest BCUT2D eigenvalue weighted by Gasteiger charge is 2.31. The molecule has 0 spiro atoms. The molecule has 0 amide bonds. The van der Waals surface area contributed by atoms with Crippen LogP contribution in [0.25, 0.3) is 0 Å². The van der Waals surface area contributed by atoms with Crippen LogP contribution in [0.15, 0.2) is 12.1 Å². The zero-order valence-corrected chi connectivity index (χ0v) is 13.8. The molecule has 0 aliphatic heterocycles. The molecule has 1 aliphatic carbocycles. The molecule has 0 saturated heterocycles. The molecule has 4 heteroatoms. The van der Waals surface area contributed by atoms with Crippen LogP contribution in [0, 0.1) is 5.41 Å². The largest absolute Gasteiger partial charge is 0.470 e. The molecular formula is C17H29N3O. The van der Waals surface area contributed by atoms with Crippen LogP contribution in [0.4, 0.5) is 11.5 Å². The van der Waals surface area contributed by atoms with Crippen molar-refractivity contribution < 1.29 is 4.74 Å². The van der Waals surface area contributed by atoms with Crippen molar-refractivity contribution in [1.29, 1.82) is 0 Å². The molecule has 21 heavy (non-hydrogen) atoms. The van der Waals surface area contributed by atoms with Crippen molar-refractivity contribution in [2.24, 2.45) is 5.41 Å². The Labute approximate surface area is 128 Å². The Morgan fingerprint density at radius 2 is 1.95 bits per heavy atom. The molecular weight excluding hydrogens is 262 g/mol. The van der Waals surface area contributed by atoms with Crippen LogP contribution in [0.1, 0.15) is 59.8 Å². The summed E-state index contributed by atoms with van der Waals surface area (Å²) in [6, 6.07) is 3.80. The maximum atomic E-state index is 5.95. The molecule has 0 aromatic carbocycles. The highest BCUT2D eigenvalue weighted by molar-refractivity contribution is 5.53. The monoisotopic (exact) mass is 291 g/mol. The Kier molecular flexibility index (Phi) is 4.64. The van der Waals surface area contributed by atoms with Gasteiger partial charge in [-0.1, -0.05) is 19.8 Å². The fourth-order valence-corrected chi connectivity index (χ4v) is 2.98. The molecule has 1 aromatic heterocycles. The summed E-state index contributed by atoms with van der Waals surface area (Å²) in [6.07, 6.45) is 6.56. The number of ether oxygens (including phenoxy) is 1. The van der Waals surface area contributed by atoms with E-state index in [0.717, 1.165) is 12.4 Å². The average molecular weight is 291 g/mol. The summed E-state index contributed by atoms with van der Waals surface area (Å²) in [5, 5.41) is 3.49. The number of rotatable bonds is 5. The van der Waals surface area contributed by atoms with Gasteiger partial charge in [-0.3, -0.25) is 0 Å². The van der Waals surface area contributed by atoms with E-state index in [1.54, 1.807) is 0 Å². The van der Waals surface area contributed by atoms with Gasteiger partial charge in [-0.05, 0) is 57.6 Å². The normalized spacial score (nSPS) is 17.7. The summed E-state index contributed by atoms with van der Waals surface area (Å²) in [7, 11) is 0. The SMILES string of the molecule is CCC1(CNc2ccc(N)c(OC(C)(C)C)n2)CCCC1. The second-order valence-electron chi connectivity index (χ2n) is 7.22. The topological polar surface area (TPSA) is 60.2 Å². The summed E-state index contributed by atoms with van der Waals surface area (Å²) >= 11 is 0. The van der Waals surface area contributed by atoms with E-state index in [4.69, 9.17) is 10.5 Å². The first kappa shape index (κ1) is 15.9. The molecule has 1 aliphatic rings. The van der Waals surface area contributed by atoms with Crippen LogP contribution in [0.2, 0.25) is 0 Å². The summed E-state index contributed by atoms with van der Waals surface area (Å²) in [6.45, 7) is 9.27. The summed E-state index contributed by atoms with van der Waals surface area (Å²) in [4.78, 5) is 4.53. The molecule has 0 atom stereocenters. The second kappa shape index (κ2) is 6.12. The van der Waals surface area contributed by atoms with Gasteiger partial charge in [-0.25, -0.2) is 0 Å². The summed E-state index contributed by atoms with van der Waals surface area (Å²) in [5.41, 5.74) is 6.68. The molecule has 0 unspecified atom stereocenters. The van der Waals surface area contributed by atoms with E-state index < -0.39 is 0 Å². The number of nitrogens with one attached hydrogen (secondary N) is 1. The van der Waals surface area contributed by atoms with Crippen molar-refractivity contribution in [2.45, 2.75) is 65.4 Å². The van der Waals surface area contributed by atoms with Crippen molar-refractivity contribution in [3.8, 4) is 5.88 Å². The minimum absolute atomic E-state index is 0.296. The summed E-state index contributed by atoms with van der Waals surface area (Å²) < 4.78 is 5.82. The van der Waals surface area contributed by atoms with Crippen molar-refractivity contribution in [3.05, 3.63) is 12.1 Å². The fraction of sp³-hybridized carbons (Fsp3) is 0.706. The van der Waals surface area contributed by atoms with Crippen molar-refractivity contribution in [2.75, 3.05) is 17.6 Å². The van der Waals surface area contributed by atoms with Gasteiger partial charge < -0.3 is 15.8 Å². The van der Waals surface area contributed by atoms with Crippen LogP contribution >= 0.6 is 0 Å². The van der Waals surface area contributed by atoms with E-state index in [9.17, 15) is 0 Å². The highest BCUT2D eigenvalue weighted by atomic mass is 16.5. The number of anilines is 2. The number of pyridine rings is 1. The predicted molar refractivity (Wildman–Crippen MR) is 88.7 cm³/mol. The van der Waals surface area contributed by atoms with Gasteiger partial charge in [0, 0.05) is 6.54 Å². The predicted octanol–water partition coefficient (Wildman–Crippen LogP) is 4.22. The van der Waals surface area contributed by atoms with Gasteiger partial charge in [0.25, 0.3) is 0 Å². The number of hydrogen-bond acceptors (Lipinski definition) is 4. The number of hydrogen-bond donors (Lipinski definition) is 2. The minimum Gasteiger partial charge on any atom is -0.470 e. The van der Waals surface area contributed by atoms with E-state index in [1.807, 2.05) is 32.9 Å². The molecule has 1 saturated carbocycles. The van der Waals surface area contributed by atoms with E-state index in [1.165, 1.54) is 32.1 Å². The van der Waals surface area contributed by atoms with Crippen LogP contribution in [-0.4, -0.2) is 17.1 Å². The van der Waals surface area contributed by atoms with Crippen molar-refractivity contribution >= 4 is 11.5 Å². The Morgan fingerprint density at radius 1 is 1.29 bits per heavy atom. The smallest absolute Gasteiger partial charge is 0.239 e. The number of nitrogens with zero attached hydrogens (tertiary/aromatic N) is 1. The molecule has 118 valence electrons. The first-order chi connectivity index (χ1) is 9.84. The lowest BCUT2D eigenvalue weighted by molar-refractivity contribution is 0.125. The minimum atomic E-state index is -0.296. The third-order valence-electron chi connectivity index (χ3n) is 4.35. The Morgan fingerprint density at radius 3 is 2.52 bits per heavy atom. The lowest BCUT2D eigenvalue weighted by atomic mass is 9.83. The first-order valence-corrected chi connectivity index (χ1v) is 8.03. The Bertz CT molecular complexity index is 473. The van der Waals surface area contributed by atoms with Gasteiger partial charge in [-0.15, -0.1) is 0 Å². The van der Waals surface area contributed by atoms with Gasteiger partial charge in [0.1, 0.15) is 11.4 Å². The summed E-state index contributed by atoms with van der Waals surface area (Å²) in [5.74, 6) is 1.37. The Balaban J connectivity index is 2.05. The lowest BCUT2D eigenvalue weighted by Crippen LogP contribution is -2.27. The Hall–Kier alpha value is -1.45. The molecule has 0 bridgehead atoms. The van der Waals surface area contributed by atoms with Crippen LogP contribution < -0.4 is 15.8 Å². The van der Waals surface area contributed by atoms with Gasteiger partial charge in [0.05, 0.1) is 5.69 Å². The number of nitrogen functional groups attached to an aromatic ring is 1. The number of nitrogens with two attached hydrogens (primary N) is 1. The van der Waals surface area contributed by atoms with E-state index in [2.05, 4.69) is 17.2 Å². The molecule has 2 rings (SSSR count).